The van der Waals surface area contributed by atoms with Gasteiger partial charge < -0.3 is 4.74 Å². The maximum absolute atomic E-state index is 5.71. The van der Waals surface area contributed by atoms with Crippen LogP contribution in [0.4, 0.5) is 0 Å². The molecule has 0 aliphatic heterocycles. The second-order valence-electron chi connectivity index (χ2n) is 4.59. The molecule has 5 heteroatoms. The first-order valence-electron chi connectivity index (χ1n) is 6.40. The summed E-state index contributed by atoms with van der Waals surface area (Å²) in [4.78, 5) is 1.26. The summed E-state index contributed by atoms with van der Waals surface area (Å²) >= 11 is 1.72. The number of aryl methyl sites for hydroxylation is 1. The van der Waals surface area contributed by atoms with E-state index in [1.165, 1.54) is 10.4 Å². The number of hydrogen-bond donors (Lipinski definition) is 0. The monoisotopic (exact) mass is 285 g/mol. The fourth-order valence-electron chi connectivity index (χ4n) is 1.91. The van der Waals surface area contributed by atoms with Crippen LogP contribution in [0.2, 0.25) is 0 Å². The minimum atomic E-state index is 0.438. The second-order valence-corrected chi connectivity index (χ2v) is 5.62. The number of rotatable bonds is 5. The average molecular weight is 285 g/mol. The van der Waals surface area contributed by atoms with Gasteiger partial charge in [0.2, 0.25) is 0 Å². The fraction of sp³-hybridized carbons (Fsp3) is 0.200. The van der Waals surface area contributed by atoms with E-state index in [-0.39, 0.29) is 0 Å². The first-order valence-corrected chi connectivity index (χ1v) is 7.28. The van der Waals surface area contributed by atoms with Crippen molar-refractivity contribution in [1.82, 2.24) is 15.0 Å². The average Bonchev–Trinajstić information content (AvgIpc) is 3.09. The molecule has 0 atom stereocenters. The highest BCUT2D eigenvalue weighted by Crippen LogP contribution is 2.14. The van der Waals surface area contributed by atoms with Crippen molar-refractivity contribution in [3.05, 3.63) is 64.1 Å². The summed E-state index contributed by atoms with van der Waals surface area (Å²) in [7, 11) is 0. The maximum atomic E-state index is 5.71. The Bertz CT molecular complexity index is 676. The zero-order chi connectivity index (χ0) is 13.8. The Kier molecular flexibility index (Phi) is 3.78. The molecule has 0 unspecified atom stereocenters. The predicted molar refractivity (Wildman–Crippen MR) is 79.0 cm³/mol. The molecule has 0 radical (unpaired) electrons. The Labute approximate surface area is 121 Å². The van der Waals surface area contributed by atoms with Crippen molar-refractivity contribution < 1.29 is 4.74 Å². The molecular weight excluding hydrogens is 270 g/mol. The highest BCUT2D eigenvalue weighted by atomic mass is 32.1. The van der Waals surface area contributed by atoms with Gasteiger partial charge in [-0.3, -0.25) is 0 Å². The summed E-state index contributed by atoms with van der Waals surface area (Å²) in [5, 5.41) is 10.3. The Balaban J connectivity index is 1.60. The first kappa shape index (κ1) is 12.9. The standard InChI is InChI=1S/C15H15N3OS/c1-12-4-2-5-14(8-12)19-11-13-9-18(17-16-13)10-15-6-3-7-20-15/h2-9H,10-11H2,1H3. The molecule has 3 rings (SSSR count). The van der Waals surface area contributed by atoms with E-state index in [1.54, 1.807) is 11.3 Å². The van der Waals surface area contributed by atoms with Gasteiger partial charge in [0.05, 0.1) is 12.7 Å². The summed E-state index contributed by atoms with van der Waals surface area (Å²) in [5.74, 6) is 0.859. The van der Waals surface area contributed by atoms with E-state index >= 15 is 0 Å². The summed E-state index contributed by atoms with van der Waals surface area (Å²) < 4.78 is 7.54. The van der Waals surface area contributed by atoms with E-state index in [9.17, 15) is 0 Å². The van der Waals surface area contributed by atoms with E-state index in [0.717, 1.165) is 18.0 Å². The zero-order valence-corrected chi connectivity index (χ0v) is 12.0. The second kappa shape index (κ2) is 5.88. The minimum absolute atomic E-state index is 0.438. The normalized spacial score (nSPS) is 10.7. The van der Waals surface area contributed by atoms with Gasteiger partial charge in [0.15, 0.2) is 0 Å². The smallest absolute Gasteiger partial charge is 0.134 e. The fourth-order valence-corrected chi connectivity index (χ4v) is 2.60. The zero-order valence-electron chi connectivity index (χ0n) is 11.2. The summed E-state index contributed by atoms with van der Waals surface area (Å²) in [5.41, 5.74) is 2.02. The largest absolute Gasteiger partial charge is 0.487 e. The molecule has 0 aliphatic rings. The molecule has 0 aliphatic carbocycles. The van der Waals surface area contributed by atoms with Crippen molar-refractivity contribution >= 4 is 11.3 Å². The lowest BCUT2D eigenvalue weighted by atomic mass is 10.2. The molecule has 0 fully saturated rings. The Morgan fingerprint density at radius 2 is 2.20 bits per heavy atom. The SMILES string of the molecule is Cc1cccc(OCc2cn(Cc3cccs3)nn2)c1. The van der Waals surface area contributed by atoms with Gasteiger partial charge in [0, 0.05) is 4.88 Å². The number of hydrogen-bond acceptors (Lipinski definition) is 4. The maximum Gasteiger partial charge on any atom is 0.134 e. The molecule has 3 aromatic rings. The third-order valence-electron chi connectivity index (χ3n) is 2.86. The molecule has 2 aromatic heterocycles. The first-order chi connectivity index (χ1) is 9.79. The topological polar surface area (TPSA) is 39.9 Å². The van der Waals surface area contributed by atoms with Crippen LogP contribution in [0, 0.1) is 6.92 Å². The molecular formula is C15H15N3OS. The Hall–Kier alpha value is -2.14. The molecule has 0 N–H and O–H groups in total. The van der Waals surface area contributed by atoms with Gasteiger partial charge in [0.1, 0.15) is 18.1 Å². The number of nitrogens with zero attached hydrogens (tertiary/aromatic N) is 3. The van der Waals surface area contributed by atoms with E-state index in [2.05, 4.69) is 21.8 Å². The van der Waals surface area contributed by atoms with Crippen molar-refractivity contribution in [3.63, 3.8) is 0 Å². The lowest BCUT2D eigenvalue weighted by Crippen LogP contribution is -1.98. The van der Waals surface area contributed by atoms with E-state index < -0.39 is 0 Å². The van der Waals surface area contributed by atoms with Crippen LogP contribution < -0.4 is 4.74 Å². The summed E-state index contributed by atoms with van der Waals surface area (Å²) in [6.07, 6.45) is 1.93. The van der Waals surface area contributed by atoms with Crippen LogP contribution >= 0.6 is 11.3 Å². The number of ether oxygens (including phenoxy) is 1. The third kappa shape index (κ3) is 3.24. The number of aromatic nitrogens is 3. The minimum Gasteiger partial charge on any atom is -0.487 e. The van der Waals surface area contributed by atoms with Crippen LogP contribution in [-0.2, 0) is 13.2 Å². The van der Waals surface area contributed by atoms with Gasteiger partial charge in [-0.15, -0.1) is 16.4 Å². The van der Waals surface area contributed by atoms with Gasteiger partial charge in [-0.1, -0.05) is 23.4 Å². The molecule has 0 bridgehead atoms. The highest BCUT2D eigenvalue weighted by molar-refractivity contribution is 7.09. The number of benzene rings is 1. The van der Waals surface area contributed by atoms with Gasteiger partial charge in [-0.2, -0.15) is 0 Å². The van der Waals surface area contributed by atoms with Gasteiger partial charge in [0.25, 0.3) is 0 Å². The van der Waals surface area contributed by atoms with Crippen LogP contribution in [0.1, 0.15) is 16.1 Å². The summed E-state index contributed by atoms with van der Waals surface area (Å²) in [6, 6.07) is 12.1. The molecule has 0 amide bonds. The van der Waals surface area contributed by atoms with Crippen LogP contribution in [0.5, 0.6) is 5.75 Å². The Morgan fingerprint density at radius 3 is 3.00 bits per heavy atom. The molecule has 102 valence electrons. The molecule has 20 heavy (non-hydrogen) atoms. The van der Waals surface area contributed by atoms with E-state index in [0.29, 0.717) is 6.61 Å². The summed E-state index contributed by atoms with van der Waals surface area (Å²) in [6.45, 7) is 3.24. The number of thiophene rings is 1. The van der Waals surface area contributed by atoms with Crippen molar-refractivity contribution in [2.75, 3.05) is 0 Å². The van der Waals surface area contributed by atoms with E-state index in [1.807, 2.05) is 48.1 Å². The molecule has 2 heterocycles. The lowest BCUT2D eigenvalue weighted by molar-refractivity contribution is 0.301. The van der Waals surface area contributed by atoms with Crippen LogP contribution in [0.25, 0.3) is 0 Å². The van der Waals surface area contributed by atoms with Crippen LogP contribution in [-0.4, -0.2) is 15.0 Å². The molecule has 0 saturated carbocycles. The van der Waals surface area contributed by atoms with Crippen LogP contribution in [0.3, 0.4) is 0 Å². The third-order valence-corrected chi connectivity index (χ3v) is 3.72. The van der Waals surface area contributed by atoms with Crippen molar-refractivity contribution in [1.29, 1.82) is 0 Å². The lowest BCUT2D eigenvalue weighted by Gasteiger charge is -2.04. The predicted octanol–water partition coefficient (Wildman–Crippen LogP) is 3.28. The molecule has 0 spiro atoms. The van der Waals surface area contributed by atoms with Gasteiger partial charge in [-0.05, 0) is 36.1 Å². The highest BCUT2D eigenvalue weighted by Gasteiger charge is 2.03. The van der Waals surface area contributed by atoms with Gasteiger partial charge in [-0.25, -0.2) is 4.68 Å². The van der Waals surface area contributed by atoms with Crippen molar-refractivity contribution in [3.8, 4) is 5.75 Å². The van der Waals surface area contributed by atoms with Crippen molar-refractivity contribution in [2.24, 2.45) is 0 Å². The quantitative estimate of drug-likeness (QED) is 0.722. The molecule has 0 saturated heterocycles. The van der Waals surface area contributed by atoms with E-state index in [4.69, 9.17) is 4.74 Å². The molecule has 1 aromatic carbocycles. The van der Waals surface area contributed by atoms with Crippen LogP contribution in [0.15, 0.2) is 48.0 Å². The van der Waals surface area contributed by atoms with Gasteiger partial charge >= 0.3 is 0 Å². The Morgan fingerprint density at radius 1 is 1.25 bits per heavy atom. The molecule has 4 nitrogen and oxygen atoms in total. The van der Waals surface area contributed by atoms with Crippen molar-refractivity contribution in [2.45, 2.75) is 20.1 Å².